The molecule has 0 spiro atoms. The van der Waals surface area contributed by atoms with Crippen molar-refractivity contribution in [1.82, 2.24) is 20.5 Å². The fourth-order valence-electron chi connectivity index (χ4n) is 6.85. The zero-order valence-corrected chi connectivity index (χ0v) is 25.8. The van der Waals surface area contributed by atoms with Crippen LogP contribution in [0.1, 0.15) is 58.6 Å². The van der Waals surface area contributed by atoms with Gasteiger partial charge in [-0.1, -0.05) is 91.0 Å². The second-order valence-electron chi connectivity index (χ2n) is 12.2. The molecule has 0 atom stereocenters. The molecular formula is C39H42N4O2. The summed E-state index contributed by atoms with van der Waals surface area (Å²) < 4.78 is 0. The van der Waals surface area contributed by atoms with Gasteiger partial charge in [0.15, 0.2) is 0 Å². The first-order chi connectivity index (χ1) is 22.1. The van der Waals surface area contributed by atoms with Crippen LogP contribution in [0, 0.1) is 0 Å². The highest BCUT2D eigenvalue weighted by molar-refractivity contribution is 5.99. The average Bonchev–Trinajstić information content (AvgIpc) is 3.58. The van der Waals surface area contributed by atoms with E-state index in [1.165, 1.54) is 29.5 Å². The third-order valence-electron chi connectivity index (χ3n) is 9.40. The Hall–Kier alpha value is -4.68. The van der Waals surface area contributed by atoms with Crippen molar-refractivity contribution in [1.29, 1.82) is 0 Å². The number of nitrogens with zero attached hydrogens (tertiary/aromatic N) is 1. The summed E-state index contributed by atoms with van der Waals surface area (Å²) in [7, 11) is 0. The number of carbonyl (C=O) groups excluding carboxylic acids is 2. The van der Waals surface area contributed by atoms with Crippen molar-refractivity contribution in [2.24, 2.45) is 0 Å². The molecule has 6 heteroatoms. The minimum Gasteiger partial charge on any atom is -0.361 e. The summed E-state index contributed by atoms with van der Waals surface area (Å²) in [6.07, 6.45) is 6.12. The molecule has 1 saturated heterocycles. The maximum Gasteiger partial charge on any atom is 0.251 e. The average molecular weight is 599 g/mol. The first-order valence-electron chi connectivity index (χ1n) is 16.1. The van der Waals surface area contributed by atoms with Crippen molar-refractivity contribution in [2.45, 2.75) is 37.0 Å². The van der Waals surface area contributed by atoms with Crippen LogP contribution >= 0.6 is 0 Å². The highest BCUT2D eigenvalue weighted by Crippen LogP contribution is 2.37. The van der Waals surface area contributed by atoms with E-state index in [9.17, 15) is 9.59 Å². The molecule has 1 aliphatic rings. The van der Waals surface area contributed by atoms with Gasteiger partial charge in [0.25, 0.3) is 5.91 Å². The van der Waals surface area contributed by atoms with Crippen molar-refractivity contribution in [3.8, 4) is 0 Å². The van der Waals surface area contributed by atoms with Crippen molar-refractivity contribution in [3.63, 3.8) is 0 Å². The zero-order valence-electron chi connectivity index (χ0n) is 25.8. The standard InChI is InChI=1S/C39H42N4O2/c44-37(28-41-38(45)33-17-18-36-32(27-33)19-23-40-36)42-29-39(34-13-6-2-7-14-34,35-15-8-3-9-16-35)22-10-24-43-25-20-31(21-26-43)30-11-4-1-5-12-30/h1-9,11-19,23,27,31,40H,10,20-22,24-26,28-29H2,(H,41,45)(H,42,44). The van der Waals surface area contributed by atoms with Crippen molar-refractivity contribution in [3.05, 3.63) is 144 Å². The molecule has 1 aliphatic heterocycles. The molecule has 0 aliphatic carbocycles. The molecule has 2 heterocycles. The Labute approximate surface area is 265 Å². The molecule has 6 nitrogen and oxygen atoms in total. The van der Waals surface area contributed by atoms with Gasteiger partial charge in [-0.2, -0.15) is 0 Å². The fraction of sp³-hybridized carbons (Fsp3) is 0.282. The Morgan fingerprint density at radius 3 is 2.09 bits per heavy atom. The number of rotatable bonds is 12. The SMILES string of the molecule is O=C(CNC(=O)c1ccc2[nH]ccc2c1)NCC(CCCN1CCC(c2ccccc2)CC1)(c1ccccc1)c1ccccc1. The van der Waals surface area contributed by atoms with E-state index >= 15 is 0 Å². The predicted molar refractivity (Wildman–Crippen MR) is 181 cm³/mol. The largest absolute Gasteiger partial charge is 0.361 e. The Morgan fingerprint density at radius 2 is 1.42 bits per heavy atom. The van der Waals surface area contributed by atoms with Gasteiger partial charge in [-0.3, -0.25) is 9.59 Å². The lowest BCUT2D eigenvalue weighted by Gasteiger charge is -2.37. The molecular weight excluding hydrogens is 556 g/mol. The van der Waals surface area contributed by atoms with Gasteiger partial charge >= 0.3 is 0 Å². The molecule has 0 unspecified atom stereocenters. The first-order valence-corrected chi connectivity index (χ1v) is 16.1. The van der Waals surface area contributed by atoms with Crippen LogP contribution in [0.3, 0.4) is 0 Å². The summed E-state index contributed by atoms with van der Waals surface area (Å²) in [5, 5.41) is 6.96. The van der Waals surface area contributed by atoms with Crippen molar-refractivity contribution >= 4 is 22.7 Å². The number of benzene rings is 4. The fourth-order valence-corrected chi connectivity index (χ4v) is 6.85. The minimum absolute atomic E-state index is 0.0833. The third-order valence-corrected chi connectivity index (χ3v) is 9.40. The molecule has 2 amide bonds. The molecule has 1 aromatic heterocycles. The van der Waals surface area contributed by atoms with Gasteiger partial charge in [-0.25, -0.2) is 0 Å². The number of aromatic nitrogens is 1. The third kappa shape index (κ3) is 7.35. The van der Waals surface area contributed by atoms with E-state index in [4.69, 9.17) is 0 Å². The van der Waals surface area contributed by atoms with Gasteiger partial charge in [0.1, 0.15) is 0 Å². The minimum atomic E-state index is -0.399. The number of hydrogen-bond donors (Lipinski definition) is 3. The van der Waals surface area contributed by atoms with Crippen molar-refractivity contribution in [2.75, 3.05) is 32.7 Å². The normalized spacial score (nSPS) is 14.3. The first kappa shape index (κ1) is 30.4. The van der Waals surface area contributed by atoms with Gasteiger partial charge < -0.3 is 20.5 Å². The van der Waals surface area contributed by atoms with Crippen LogP contribution in [0.25, 0.3) is 10.9 Å². The van der Waals surface area contributed by atoms with E-state index in [-0.39, 0.29) is 18.4 Å². The molecule has 6 rings (SSSR count). The number of hydrogen-bond acceptors (Lipinski definition) is 3. The molecule has 1 fully saturated rings. The smallest absolute Gasteiger partial charge is 0.251 e. The Bertz CT molecular complexity index is 1640. The summed E-state index contributed by atoms with van der Waals surface area (Å²) in [5.74, 6) is 0.175. The molecule has 0 bridgehead atoms. The number of likely N-dealkylation sites (tertiary alicyclic amines) is 1. The van der Waals surface area contributed by atoms with E-state index in [0.717, 1.165) is 43.4 Å². The van der Waals surface area contributed by atoms with Crippen molar-refractivity contribution < 1.29 is 9.59 Å². The molecule has 3 N–H and O–H groups in total. The number of aromatic amines is 1. The molecule has 45 heavy (non-hydrogen) atoms. The van der Waals surface area contributed by atoms with Gasteiger partial charge in [0.05, 0.1) is 6.54 Å². The highest BCUT2D eigenvalue weighted by atomic mass is 16.2. The quantitative estimate of drug-likeness (QED) is 0.150. The van der Waals surface area contributed by atoms with E-state index < -0.39 is 5.41 Å². The van der Waals surface area contributed by atoms with E-state index in [0.29, 0.717) is 18.0 Å². The maximum atomic E-state index is 13.2. The number of carbonyl (C=O) groups is 2. The van der Waals surface area contributed by atoms with Crippen LogP contribution < -0.4 is 10.6 Å². The zero-order chi connectivity index (χ0) is 30.9. The maximum absolute atomic E-state index is 13.2. The Kier molecular flexibility index (Phi) is 9.71. The van der Waals surface area contributed by atoms with Gasteiger partial charge in [0.2, 0.25) is 5.91 Å². The number of fused-ring (bicyclic) bond motifs is 1. The van der Waals surface area contributed by atoms with Crippen LogP contribution in [-0.2, 0) is 10.2 Å². The van der Waals surface area contributed by atoms with Crippen LogP contribution in [0.4, 0.5) is 0 Å². The topological polar surface area (TPSA) is 77.2 Å². The number of piperidine rings is 1. The summed E-state index contributed by atoms with van der Waals surface area (Å²) >= 11 is 0. The number of nitrogens with one attached hydrogen (secondary N) is 3. The monoisotopic (exact) mass is 598 g/mol. The van der Waals surface area contributed by atoms with E-state index in [1.54, 1.807) is 6.07 Å². The highest BCUT2D eigenvalue weighted by Gasteiger charge is 2.34. The van der Waals surface area contributed by atoms with E-state index in [2.05, 4.69) is 99.4 Å². The lowest BCUT2D eigenvalue weighted by atomic mass is 9.71. The molecule has 0 saturated carbocycles. The van der Waals surface area contributed by atoms with Crippen LogP contribution in [-0.4, -0.2) is 54.4 Å². The summed E-state index contributed by atoms with van der Waals surface area (Å²) in [5.41, 5.74) is 4.93. The van der Waals surface area contributed by atoms with Crippen LogP contribution in [0.5, 0.6) is 0 Å². The summed E-state index contributed by atoms with van der Waals surface area (Å²) in [6, 6.07) is 39.4. The number of H-pyrrole nitrogens is 1. The molecule has 230 valence electrons. The second kappa shape index (κ2) is 14.4. The Balaban J connectivity index is 1.11. The second-order valence-corrected chi connectivity index (χ2v) is 12.2. The Morgan fingerprint density at radius 1 is 0.778 bits per heavy atom. The van der Waals surface area contributed by atoms with Crippen LogP contribution in [0.15, 0.2) is 121 Å². The van der Waals surface area contributed by atoms with Gasteiger partial charge in [-0.15, -0.1) is 0 Å². The van der Waals surface area contributed by atoms with Crippen LogP contribution in [0.2, 0.25) is 0 Å². The van der Waals surface area contributed by atoms with Gasteiger partial charge in [-0.05, 0) is 92.2 Å². The van der Waals surface area contributed by atoms with E-state index in [1.807, 2.05) is 36.5 Å². The molecule has 0 radical (unpaired) electrons. The lowest BCUT2D eigenvalue weighted by molar-refractivity contribution is -0.120. The molecule has 4 aromatic carbocycles. The number of amides is 2. The predicted octanol–water partition coefficient (Wildman–Crippen LogP) is 6.66. The summed E-state index contributed by atoms with van der Waals surface area (Å²) in [6.45, 7) is 3.60. The van der Waals surface area contributed by atoms with Gasteiger partial charge in [0, 0.05) is 34.6 Å². The summed E-state index contributed by atoms with van der Waals surface area (Å²) in [4.78, 5) is 31.8. The lowest BCUT2D eigenvalue weighted by Crippen LogP contribution is -2.45. The molecule has 5 aromatic rings.